The van der Waals surface area contributed by atoms with Crippen LogP contribution < -0.4 is 5.73 Å². The first-order valence-electron chi connectivity index (χ1n) is 7.64. The first-order valence-corrected chi connectivity index (χ1v) is 9.55. The average Bonchev–Trinajstić information content (AvgIpc) is 3.25. The van der Waals surface area contributed by atoms with E-state index >= 15 is 0 Å². The van der Waals surface area contributed by atoms with Crippen LogP contribution in [0.25, 0.3) is 0 Å². The van der Waals surface area contributed by atoms with Crippen LogP contribution in [0.15, 0.2) is 18.2 Å². The highest BCUT2D eigenvalue weighted by Gasteiger charge is 2.77. The van der Waals surface area contributed by atoms with E-state index in [-0.39, 0.29) is 0 Å². The van der Waals surface area contributed by atoms with Crippen molar-refractivity contribution >= 4 is 46.9 Å². The molecule has 136 valence electrons. The third-order valence-electron chi connectivity index (χ3n) is 5.25. The number of hydrogen-bond donors (Lipinski definition) is 4. The number of nitrogens with two attached hydrogens (primary N) is 1. The van der Waals surface area contributed by atoms with E-state index in [1.807, 2.05) is 6.07 Å². The van der Waals surface area contributed by atoms with Crippen LogP contribution in [0.5, 0.6) is 0 Å². The largest absolute Gasteiger partial charge is 0.481 e. The van der Waals surface area contributed by atoms with Crippen LogP contribution in [0.4, 0.5) is 0 Å². The van der Waals surface area contributed by atoms with E-state index in [1.165, 1.54) is 11.8 Å². The Kier molecular flexibility index (Phi) is 4.98. The smallest absolute Gasteiger partial charge is 0.324 e. The van der Waals surface area contributed by atoms with Gasteiger partial charge in [0.15, 0.2) is 0 Å². The fourth-order valence-electron chi connectivity index (χ4n) is 3.96. The summed E-state index contributed by atoms with van der Waals surface area (Å²) in [5, 5.41) is 30.0. The first-order chi connectivity index (χ1) is 11.7. The molecule has 1 aromatic rings. The van der Waals surface area contributed by atoms with Gasteiger partial charge >= 0.3 is 11.9 Å². The van der Waals surface area contributed by atoms with Crippen molar-refractivity contribution in [2.75, 3.05) is 5.75 Å². The van der Waals surface area contributed by atoms with Gasteiger partial charge < -0.3 is 21.1 Å². The molecule has 2 aliphatic carbocycles. The lowest BCUT2D eigenvalue weighted by Crippen LogP contribution is -2.58. The molecule has 0 unspecified atom stereocenters. The predicted molar refractivity (Wildman–Crippen MR) is 94.8 cm³/mol. The van der Waals surface area contributed by atoms with Crippen molar-refractivity contribution in [2.45, 2.75) is 17.4 Å². The number of rotatable bonds is 6. The fourth-order valence-corrected chi connectivity index (χ4v) is 5.54. The van der Waals surface area contributed by atoms with E-state index in [9.17, 15) is 19.8 Å². The minimum atomic E-state index is -1.72. The molecule has 2 aliphatic rings. The number of halogens is 2. The van der Waals surface area contributed by atoms with Gasteiger partial charge in [0.05, 0.1) is 22.1 Å². The van der Waals surface area contributed by atoms with Crippen molar-refractivity contribution in [1.29, 1.82) is 0 Å². The molecule has 3 rings (SSSR count). The molecule has 0 heterocycles. The zero-order valence-electron chi connectivity index (χ0n) is 12.9. The Bertz CT molecular complexity index is 732. The van der Waals surface area contributed by atoms with Crippen molar-refractivity contribution in [3.05, 3.63) is 33.8 Å². The van der Waals surface area contributed by atoms with Crippen LogP contribution >= 0.6 is 35.0 Å². The van der Waals surface area contributed by atoms with Gasteiger partial charge in [-0.05, 0) is 17.7 Å². The number of aliphatic hydroxyl groups is 1. The van der Waals surface area contributed by atoms with Crippen LogP contribution in [0.1, 0.15) is 5.56 Å². The lowest BCUT2D eigenvalue weighted by molar-refractivity contribution is -0.148. The molecule has 2 fully saturated rings. The lowest BCUT2D eigenvalue weighted by Gasteiger charge is -2.32. The number of aliphatic hydroxyl groups excluding tert-OH is 1. The monoisotopic (exact) mass is 405 g/mol. The average molecular weight is 406 g/mol. The van der Waals surface area contributed by atoms with Crippen molar-refractivity contribution in [3.63, 3.8) is 0 Å². The fraction of sp³-hybridized carbons (Fsp3) is 0.500. The highest BCUT2D eigenvalue weighted by atomic mass is 35.5. The Morgan fingerprint density at radius 2 is 1.92 bits per heavy atom. The van der Waals surface area contributed by atoms with E-state index in [0.29, 0.717) is 21.6 Å². The van der Waals surface area contributed by atoms with Gasteiger partial charge in [-0.15, -0.1) is 0 Å². The van der Waals surface area contributed by atoms with Gasteiger partial charge in [0.25, 0.3) is 0 Å². The molecule has 0 saturated heterocycles. The summed E-state index contributed by atoms with van der Waals surface area (Å²) in [4.78, 5) is 22.9. The Balaban J connectivity index is 1.68. The molecule has 0 spiro atoms. The van der Waals surface area contributed by atoms with Gasteiger partial charge in [0, 0.05) is 29.3 Å². The molecule has 0 aliphatic heterocycles. The number of carboxylic acid groups (broad SMARTS) is 2. The minimum Gasteiger partial charge on any atom is -0.481 e. The van der Waals surface area contributed by atoms with Gasteiger partial charge in [-0.1, -0.05) is 29.3 Å². The van der Waals surface area contributed by atoms with E-state index < -0.39 is 47.3 Å². The molecule has 0 bridgehead atoms. The van der Waals surface area contributed by atoms with Crippen LogP contribution in [0.2, 0.25) is 10.0 Å². The van der Waals surface area contributed by atoms with Crippen LogP contribution in [0.3, 0.4) is 0 Å². The summed E-state index contributed by atoms with van der Waals surface area (Å²) in [7, 11) is 0. The second-order valence-electron chi connectivity index (χ2n) is 6.57. The first kappa shape index (κ1) is 18.8. The van der Waals surface area contributed by atoms with Crippen LogP contribution in [-0.2, 0) is 15.3 Å². The van der Waals surface area contributed by atoms with E-state index in [4.69, 9.17) is 34.0 Å². The molecule has 1 aromatic carbocycles. The van der Waals surface area contributed by atoms with Gasteiger partial charge in [0.1, 0.15) is 5.54 Å². The normalized spacial score (nSPS) is 36.1. The molecule has 9 heteroatoms. The zero-order chi connectivity index (χ0) is 18.5. The molecule has 6 atom stereocenters. The predicted octanol–water partition coefficient (Wildman–Crippen LogP) is 1.95. The molecule has 0 amide bonds. The Morgan fingerprint density at radius 1 is 1.24 bits per heavy atom. The van der Waals surface area contributed by atoms with Crippen LogP contribution in [-0.4, -0.2) is 44.7 Å². The summed E-state index contributed by atoms with van der Waals surface area (Å²) in [5.41, 5.74) is 5.29. The molecular weight excluding hydrogens is 389 g/mol. The maximum absolute atomic E-state index is 11.7. The van der Waals surface area contributed by atoms with Crippen LogP contribution in [0, 0.1) is 23.7 Å². The topological polar surface area (TPSA) is 121 Å². The molecule has 5 N–H and O–H groups in total. The maximum Gasteiger partial charge on any atom is 0.324 e. The summed E-state index contributed by atoms with van der Waals surface area (Å²) in [6.07, 6.45) is -1.03. The summed E-state index contributed by atoms with van der Waals surface area (Å²) in [6.45, 7) is 0. The summed E-state index contributed by atoms with van der Waals surface area (Å²) in [6, 6.07) is 5.23. The van der Waals surface area contributed by atoms with Gasteiger partial charge in [-0.3, -0.25) is 9.59 Å². The molecule has 6 nitrogen and oxygen atoms in total. The van der Waals surface area contributed by atoms with Gasteiger partial charge in [-0.2, -0.15) is 11.8 Å². The molecular formula is C16H17Cl2NO5S. The number of carbonyl (C=O) groups is 2. The number of benzene rings is 1. The highest BCUT2D eigenvalue weighted by Crippen LogP contribution is 2.64. The molecule has 2 saturated carbocycles. The minimum absolute atomic E-state index is 0.309. The third-order valence-corrected chi connectivity index (χ3v) is 7.12. The quantitative estimate of drug-likeness (QED) is 0.570. The zero-order valence-corrected chi connectivity index (χ0v) is 15.3. The highest BCUT2D eigenvalue weighted by molar-refractivity contribution is 7.98. The standard InChI is InChI=1S/C16H17Cl2NO5S/c17-8-2-1-6(3-9(8)18)4-25-5-7-13(20)10-11(14(21)22)12(10)16(7,19)15(23)24/h1-3,7,10-13,20H,4-5,19H2,(H,21,22)(H,23,24)/t7-,10+,11+,12+,13-,16+/m1/s1. The Hall–Kier alpha value is -0.990. The second-order valence-corrected chi connectivity index (χ2v) is 8.41. The van der Waals surface area contributed by atoms with Crippen molar-refractivity contribution < 1.29 is 24.9 Å². The molecule has 0 radical (unpaired) electrons. The number of hydrogen-bond acceptors (Lipinski definition) is 5. The van der Waals surface area contributed by atoms with Crippen molar-refractivity contribution in [3.8, 4) is 0 Å². The number of fused-ring (bicyclic) bond motifs is 1. The third kappa shape index (κ3) is 3.02. The Labute approximate surface area is 158 Å². The lowest BCUT2D eigenvalue weighted by atomic mass is 9.81. The summed E-state index contributed by atoms with van der Waals surface area (Å²) < 4.78 is 0. The number of aliphatic carboxylic acids is 2. The van der Waals surface area contributed by atoms with E-state index in [2.05, 4.69) is 0 Å². The number of carboxylic acids is 2. The summed E-state index contributed by atoms with van der Waals surface area (Å²) in [5.74, 6) is -4.41. The Morgan fingerprint density at radius 3 is 2.48 bits per heavy atom. The molecule has 0 aromatic heterocycles. The summed E-state index contributed by atoms with van der Waals surface area (Å²) >= 11 is 13.3. The maximum atomic E-state index is 11.7. The van der Waals surface area contributed by atoms with Crippen molar-refractivity contribution in [1.82, 2.24) is 0 Å². The SMILES string of the molecule is N[C@]1(C(=O)O)[C@@H]2[C@@H](C(=O)O)[C@@H]2[C@H](O)[C@H]1CSCc1ccc(Cl)c(Cl)c1. The van der Waals surface area contributed by atoms with E-state index in [0.717, 1.165) is 5.56 Å². The van der Waals surface area contributed by atoms with Crippen molar-refractivity contribution in [2.24, 2.45) is 29.4 Å². The van der Waals surface area contributed by atoms with Gasteiger partial charge in [0.2, 0.25) is 0 Å². The van der Waals surface area contributed by atoms with Gasteiger partial charge in [-0.25, -0.2) is 0 Å². The number of thioether (sulfide) groups is 1. The second kappa shape index (κ2) is 6.63. The molecule has 25 heavy (non-hydrogen) atoms. The van der Waals surface area contributed by atoms with E-state index in [1.54, 1.807) is 12.1 Å².